The molecule has 2 rings (SSSR count). The molecule has 0 aliphatic carbocycles. The summed E-state index contributed by atoms with van der Waals surface area (Å²) in [6.07, 6.45) is 0. The Morgan fingerprint density at radius 1 is 1.24 bits per heavy atom. The first-order valence-corrected chi connectivity index (χ1v) is 8.44. The molecule has 2 aromatic carbocycles. The van der Waals surface area contributed by atoms with Gasteiger partial charge in [0.05, 0.1) is 16.5 Å². The lowest BCUT2D eigenvalue weighted by atomic mass is 10.2. The number of hydrogen-bond acceptors (Lipinski definition) is 2. The molecule has 0 saturated heterocycles. The molecule has 0 heterocycles. The SMILES string of the molecule is O=C(CSCc1ccc(F)cc1)Nc1ccc(Br)cc1Cl. The van der Waals surface area contributed by atoms with Crippen molar-refractivity contribution in [1.82, 2.24) is 0 Å². The number of hydrogen-bond donors (Lipinski definition) is 1. The van der Waals surface area contributed by atoms with Gasteiger partial charge in [-0.25, -0.2) is 4.39 Å². The highest BCUT2D eigenvalue weighted by Gasteiger charge is 2.06. The van der Waals surface area contributed by atoms with Crippen LogP contribution in [-0.4, -0.2) is 11.7 Å². The predicted molar refractivity (Wildman–Crippen MR) is 90.3 cm³/mol. The minimum absolute atomic E-state index is 0.119. The van der Waals surface area contributed by atoms with Gasteiger partial charge in [-0.1, -0.05) is 39.7 Å². The van der Waals surface area contributed by atoms with Gasteiger partial charge in [-0.3, -0.25) is 4.79 Å². The van der Waals surface area contributed by atoms with E-state index in [0.29, 0.717) is 22.2 Å². The quantitative estimate of drug-likeness (QED) is 0.771. The van der Waals surface area contributed by atoms with Crippen LogP contribution in [0.3, 0.4) is 0 Å². The predicted octanol–water partition coefficient (Wildman–Crippen LogP) is 5.11. The fourth-order valence-corrected chi connectivity index (χ4v) is 3.13. The molecule has 110 valence electrons. The maximum atomic E-state index is 12.8. The molecule has 0 bridgehead atoms. The van der Waals surface area contributed by atoms with Crippen molar-refractivity contribution >= 4 is 50.9 Å². The lowest BCUT2D eigenvalue weighted by molar-refractivity contribution is -0.113. The monoisotopic (exact) mass is 387 g/mol. The number of amides is 1. The van der Waals surface area contributed by atoms with Crippen LogP contribution in [0.5, 0.6) is 0 Å². The number of thioether (sulfide) groups is 1. The van der Waals surface area contributed by atoms with Crippen LogP contribution in [-0.2, 0) is 10.5 Å². The first-order valence-electron chi connectivity index (χ1n) is 6.11. The van der Waals surface area contributed by atoms with E-state index in [9.17, 15) is 9.18 Å². The highest BCUT2D eigenvalue weighted by Crippen LogP contribution is 2.25. The van der Waals surface area contributed by atoms with Crippen LogP contribution in [0, 0.1) is 5.82 Å². The molecule has 0 fully saturated rings. The first-order chi connectivity index (χ1) is 10.0. The van der Waals surface area contributed by atoms with Crippen molar-refractivity contribution in [3.8, 4) is 0 Å². The van der Waals surface area contributed by atoms with Gasteiger partial charge in [-0.15, -0.1) is 11.8 Å². The Labute approximate surface area is 140 Å². The topological polar surface area (TPSA) is 29.1 Å². The summed E-state index contributed by atoms with van der Waals surface area (Å²) in [5.41, 5.74) is 1.57. The van der Waals surface area contributed by atoms with Gasteiger partial charge in [-0.05, 0) is 35.9 Å². The van der Waals surface area contributed by atoms with Crippen LogP contribution >= 0.6 is 39.3 Å². The highest BCUT2D eigenvalue weighted by atomic mass is 79.9. The van der Waals surface area contributed by atoms with Crippen molar-refractivity contribution in [3.63, 3.8) is 0 Å². The average Bonchev–Trinajstić information content (AvgIpc) is 2.44. The van der Waals surface area contributed by atoms with E-state index in [0.717, 1.165) is 10.0 Å². The summed E-state index contributed by atoms with van der Waals surface area (Å²) in [4.78, 5) is 11.8. The molecule has 0 aliphatic heterocycles. The second-order valence-electron chi connectivity index (χ2n) is 4.29. The summed E-state index contributed by atoms with van der Waals surface area (Å²) in [5.74, 6) is 0.587. The molecule has 0 aliphatic rings. The Morgan fingerprint density at radius 3 is 2.62 bits per heavy atom. The molecule has 0 spiro atoms. The molecule has 2 aromatic rings. The second-order valence-corrected chi connectivity index (χ2v) is 6.60. The van der Waals surface area contributed by atoms with E-state index in [1.165, 1.54) is 23.9 Å². The van der Waals surface area contributed by atoms with Crippen molar-refractivity contribution in [2.45, 2.75) is 5.75 Å². The first kappa shape index (κ1) is 16.3. The van der Waals surface area contributed by atoms with E-state index < -0.39 is 0 Å². The molecule has 0 radical (unpaired) electrons. The van der Waals surface area contributed by atoms with Crippen LogP contribution in [0.15, 0.2) is 46.9 Å². The van der Waals surface area contributed by atoms with Gasteiger partial charge in [0, 0.05) is 10.2 Å². The third-order valence-electron chi connectivity index (χ3n) is 2.62. The van der Waals surface area contributed by atoms with E-state index in [-0.39, 0.29) is 11.7 Å². The molecule has 0 unspecified atom stereocenters. The van der Waals surface area contributed by atoms with Crippen molar-refractivity contribution in [1.29, 1.82) is 0 Å². The van der Waals surface area contributed by atoms with Crippen molar-refractivity contribution < 1.29 is 9.18 Å². The van der Waals surface area contributed by atoms with Gasteiger partial charge < -0.3 is 5.32 Å². The standard InChI is InChI=1S/C15H12BrClFNOS/c16-11-3-6-14(13(17)7-11)19-15(20)9-21-8-10-1-4-12(18)5-2-10/h1-7H,8-9H2,(H,19,20). The Kier molecular flexibility index (Phi) is 6.08. The fourth-order valence-electron chi connectivity index (χ4n) is 1.62. The van der Waals surface area contributed by atoms with E-state index in [4.69, 9.17) is 11.6 Å². The molecule has 0 saturated carbocycles. The van der Waals surface area contributed by atoms with Crippen LogP contribution in [0.4, 0.5) is 10.1 Å². The largest absolute Gasteiger partial charge is 0.324 e. The zero-order chi connectivity index (χ0) is 15.2. The summed E-state index contributed by atoms with van der Waals surface area (Å²) in [6.45, 7) is 0. The number of nitrogens with one attached hydrogen (secondary N) is 1. The molecular weight excluding hydrogens is 377 g/mol. The normalized spacial score (nSPS) is 10.4. The summed E-state index contributed by atoms with van der Waals surface area (Å²) >= 11 is 10.8. The van der Waals surface area contributed by atoms with Crippen LogP contribution < -0.4 is 5.32 Å². The third kappa shape index (κ3) is 5.34. The molecular formula is C15H12BrClFNOS. The van der Waals surface area contributed by atoms with Gasteiger partial charge >= 0.3 is 0 Å². The molecule has 6 heteroatoms. The van der Waals surface area contributed by atoms with E-state index in [1.807, 2.05) is 6.07 Å². The van der Waals surface area contributed by atoms with Gasteiger partial charge in [0.15, 0.2) is 0 Å². The number of carbonyl (C=O) groups excluding carboxylic acids is 1. The van der Waals surface area contributed by atoms with Crippen LogP contribution in [0.1, 0.15) is 5.56 Å². The van der Waals surface area contributed by atoms with Gasteiger partial charge in [0.2, 0.25) is 5.91 Å². The molecule has 21 heavy (non-hydrogen) atoms. The van der Waals surface area contributed by atoms with Gasteiger partial charge in [0.25, 0.3) is 0 Å². The molecule has 1 amide bonds. The van der Waals surface area contributed by atoms with Crippen molar-refractivity contribution in [3.05, 3.63) is 63.3 Å². The van der Waals surface area contributed by atoms with Crippen molar-refractivity contribution in [2.75, 3.05) is 11.1 Å². The van der Waals surface area contributed by atoms with Crippen LogP contribution in [0.25, 0.3) is 0 Å². The highest BCUT2D eigenvalue weighted by molar-refractivity contribution is 9.10. The number of anilines is 1. The number of carbonyl (C=O) groups is 1. The fraction of sp³-hybridized carbons (Fsp3) is 0.133. The Morgan fingerprint density at radius 2 is 1.95 bits per heavy atom. The Balaban J connectivity index is 1.81. The maximum Gasteiger partial charge on any atom is 0.234 e. The Bertz CT molecular complexity index is 636. The van der Waals surface area contributed by atoms with E-state index in [2.05, 4.69) is 21.2 Å². The number of benzene rings is 2. The minimum atomic E-state index is -0.258. The third-order valence-corrected chi connectivity index (χ3v) is 4.43. The Hall–Kier alpha value is -1.04. The lowest BCUT2D eigenvalue weighted by Gasteiger charge is -2.07. The molecule has 2 nitrogen and oxygen atoms in total. The smallest absolute Gasteiger partial charge is 0.234 e. The van der Waals surface area contributed by atoms with Gasteiger partial charge in [-0.2, -0.15) is 0 Å². The number of rotatable bonds is 5. The lowest BCUT2D eigenvalue weighted by Crippen LogP contribution is -2.14. The summed E-state index contributed by atoms with van der Waals surface area (Å²) in [5, 5.41) is 3.25. The zero-order valence-corrected chi connectivity index (χ0v) is 14.1. The van der Waals surface area contributed by atoms with E-state index in [1.54, 1.807) is 24.3 Å². The summed E-state index contributed by atoms with van der Waals surface area (Å²) in [7, 11) is 0. The zero-order valence-electron chi connectivity index (χ0n) is 10.9. The minimum Gasteiger partial charge on any atom is -0.324 e. The van der Waals surface area contributed by atoms with Crippen LogP contribution in [0.2, 0.25) is 5.02 Å². The van der Waals surface area contributed by atoms with E-state index >= 15 is 0 Å². The van der Waals surface area contributed by atoms with Crippen molar-refractivity contribution in [2.24, 2.45) is 0 Å². The number of halogens is 3. The molecule has 1 N–H and O–H groups in total. The summed E-state index contributed by atoms with van der Waals surface area (Å²) < 4.78 is 13.6. The summed E-state index contributed by atoms with van der Waals surface area (Å²) in [6, 6.07) is 11.5. The second kappa shape index (κ2) is 7.82. The van der Waals surface area contributed by atoms with Gasteiger partial charge in [0.1, 0.15) is 5.82 Å². The molecule has 0 atom stereocenters. The average molecular weight is 389 g/mol. The molecule has 0 aromatic heterocycles. The maximum absolute atomic E-state index is 12.8.